The Labute approximate surface area is 195 Å². The van der Waals surface area contributed by atoms with Gasteiger partial charge in [0.25, 0.3) is 5.91 Å². The smallest absolute Gasteiger partial charge is 0.406 e. The molecule has 2 aromatic heterocycles. The maximum Gasteiger partial charge on any atom is 0.573 e. The Morgan fingerprint density at radius 1 is 1.32 bits per heavy atom. The highest BCUT2D eigenvalue weighted by Gasteiger charge is 2.32. The maximum atomic E-state index is 12.8. The highest BCUT2D eigenvalue weighted by atomic mass is 32.2. The molecular weight excluding hydrogens is 499 g/mol. The normalized spacial score (nSPS) is 12.6. The first-order chi connectivity index (χ1) is 15.8. The molecule has 180 valence electrons. The van der Waals surface area contributed by atoms with Gasteiger partial charge in [0.2, 0.25) is 11.1 Å². The quantitative estimate of drug-likeness (QED) is 0.483. The fourth-order valence-corrected chi connectivity index (χ4v) is 4.06. The summed E-state index contributed by atoms with van der Waals surface area (Å²) in [4.78, 5) is 21.0. The van der Waals surface area contributed by atoms with Gasteiger partial charge in [0, 0.05) is 18.9 Å². The number of halogens is 3. The molecule has 1 aromatic carbocycles. The summed E-state index contributed by atoms with van der Waals surface area (Å²) in [7, 11) is -2.39. The minimum atomic E-state index is -5.09. The van der Waals surface area contributed by atoms with Crippen LogP contribution in [0.1, 0.15) is 34.0 Å². The summed E-state index contributed by atoms with van der Waals surface area (Å²) in [5, 5.41) is 18.8. The zero-order chi connectivity index (χ0) is 25.3. The van der Waals surface area contributed by atoms with Gasteiger partial charge in [0.05, 0.1) is 17.1 Å². The van der Waals surface area contributed by atoms with Crippen LogP contribution in [-0.2, 0) is 9.84 Å². The SMILES string of the molecule is CNc1nc([C@H](C)NC(=O)c2cc(OC(F)(F)F)cc(S(C)(=O)=O)c2)n(-c2ncc(C#N)s2)n1. The van der Waals surface area contributed by atoms with Crippen molar-refractivity contribution in [1.29, 1.82) is 5.26 Å². The lowest BCUT2D eigenvalue weighted by Crippen LogP contribution is -2.29. The van der Waals surface area contributed by atoms with Crippen LogP contribution in [-0.4, -0.2) is 53.7 Å². The van der Waals surface area contributed by atoms with Gasteiger partial charge in [-0.25, -0.2) is 13.4 Å². The molecule has 3 aromatic rings. The lowest BCUT2D eigenvalue weighted by Gasteiger charge is -2.15. The van der Waals surface area contributed by atoms with Crippen molar-refractivity contribution in [1.82, 2.24) is 25.1 Å². The first kappa shape index (κ1) is 24.9. The second-order valence-corrected chi connectivity index (χ2v) is 9.81. The van der Waals surface area contributed by atoms with Gasteiger partial charge >= 0.3 is 6.36 Å². The van der Waals surface area contributed by atoms with Crippen LogP contribution < -0.4 is 15.4 Å². The highest BCUT2D eigenvalue weighted by molar-refractivity contribution is 7.90. The van der Waals surface area contributed by atoms with Crippen molar-refractivity contribution in [3.05, 3.63) is 40.7 Å². The van der Waals surface area contributed by atoms with E-state index in [4.69, 9.17) is 5.26 Å². The van der Waals surface area contributed by atoms with E-state index >= 15 is 0 Å². The summed E-state index contributed by atoms with van der Waals surface area (Å²) in [6.45, 7) is 1.53. The Bertz CT molecular complexity index is 1380. The summed E-state index contributed by atoms with van der Waals surface area (Å²) in [5.41, 5.74) is -0.380. The third-order valence-electron chi connectivity index (χ3n) is 4.18. The second kappa shape index (κ2) is 9.27. The molecule has 0 radical (unpaired) electrons. The molecular formula is C18H16F3N7O4S2. The number of carbonyl (C=O) groups excluding carboxylic acids is 1. The number of sulfone groups is 1. The molecule has 34 heavy (non-hydrogen) atoms. The number of rotatable bonds is 7. The van der Waals surface area contributed by atoms with E-state index in [9.17, 15) is 26.4 Å². The first-order valence-electron chi connectivity index (χ1n) is 9.23. The van der Waals surface area contributed by atoms with E-state index < -0.39 is 38.8 Å². The van der Waals surface area contributed by atoms with Crippen molar-refractivity contribution in [2.75, 3.05) is 18.6 Å². The van der Waals surface area contributed by atoms with Gasteiger partial charge in [-0.05, 0) is 25.1 Å². The minimum absolute atomic E-state index is 0.185. The monoisotopic (exact) mass is 515 g/mol. The van der Waals surface area contributed by atoms with Gasteiger partial charge in [-0.2, -0.15) is 14.9 Å². The molecule has 2 heterocycles. The standard InChI is InChI=1S/C18H16F3N7O4S2/c1-9(14-26-16(23-2)27-28(14)17-24-8-12(7-22)33-17)25-15(29)10-4-11(32-18(19,20)21)6-13(5-10)34(3,30)31/h4-6,8-9H,1-3H3,(H,23,27)(H,25,29)/t9-/m0/s1. The summed E-state index contributed by atoms with van der Waals surface area (Å²) in [5.74, 6) is -1.37. The van der Waals surface area contributed by atoms with E-state index in [1.165, 1.54) is 17.8 Å². The van der Waals surface area contributed by atoms with Crippen LogP contribution in [0, 0.1) is 11.3 Å². The summed E-state index contributed by atoms with van der Waals surface area (Å²) < 4.78 is 67.0. The number of ether oxygens (including phenoxy) is 1. The van der Waals surface area contributed by atoms with Gasteiger partial charge < -0.3 is 15.4 Å². The lowest BCUT2D eigenvalue weighted by atomic mass is 10.2. The van der Waals surface area contributed by atoms with Crippen LogP contribution in [0.2, 0.25) is 0 Å². The van der Waals surface area contributed by atoms with Crippen molar-refractivity contribution in [3.63, 3.8) is 0 Å². The molecule has 0 bridgehead atoms. The largest absolute Gasteiger partial charge is 0.573 e. The average molecular weight is 515 g/mol. The minimum Gasteiger partial charge on any atom is -0.406 e. The number of alkyl halides is 3. The third-order valence-corrected chi connectivity index (χ3v) is 6.15. The summed E-state index contributed by atoms with van der Waals surface area (Å²) >= 11 is 1.03. The van der Waals surface area contributed by atoms with Gasteiger partial charge in [-0.1, -0.05) is 11.3 Å². The number of carbonyl (C=O) groups is 1. The van der Waals surface area contributed by atoms with Crippen LogP contribution in [0.15, 0.2) is 29.3 Å². The number of nitrogens with zero attached hydrogens (tertiary/aromatic N) is 5. The van der Waals surface area contributed by atoms with E-state index in [-0.39, 0.29) is 17.3 Å². The molecule has 0 unspecified atom stereocenters. The molecule has 11 nitrogen and oxygen atoms in total. The highest BCUT2D eigenvalue weighted by Crippen LogP contribution is 2.28. The molecule has 1 amide bonds. The number of nitriles is 1. The predicted molar refractivity (Wildman–Crippen MR) is 113 cm³/mol. The van der Waals surface area contributed by atoms with Crippen molar-refractivity contribution < 1.29 is 31.1 Å². The van der Waals surface area contributed by atoms with Crippen LogP contribution in [0.4, 0.5) is 19.1 Å². The molecule has 0 aliphatic carbocycles. The zero-order valence-corrected chi connectivity index (χ0v) is 19.3. The lowest BCUT2D eigenvalue weighted by molar-refractivity contribution is -0.274. The maximum absolute atomic E-state index is 12.8. The topological polar surface area (TPSA) is 152 Å². The van der Waals surface area contributed by atoms with Gasteiger partial charge in [0.15, 0.2) is 15.7 Å². The molecule has 0 fully saturated rings. The number of benzene rings is 1. The number of nitrogens with one attached hydrogen (secondary N) is 2. The molecule has 0 aliphatic rings. The van der Waals surface area contributed by atoms with E-state index in [2.05, 4.69) is 30.4 Å². The Balaban J connectivity index is 1.95. The van der Waals surface area contributed by atoms with Crippen molar-refractivity contribution in [2.45, 2.75) is 24.2 Å². The summed E-state index contributed by atoms with van der Waals surface area (Å²) in [6.07, 6.45) is -2.96. The predicted octanol–water partition coefficient (Wildman–Crippen LogP) is 2.43. The Hall–Kier alpha value is -3.71. The number of aromatic nitrogens is 4. The molecule has 0 spiro atoms. The average Bonchev–Trinajstić information content (AvgIpc) is 3.38. The molecule has 0 saturated heterocycles. The molecule has 1 atom stereocenters. The van der Waals surface area contributed by atoms with Crippen LogP contribution >= 0.6 is 11.3 Å². The molecule has 0 aliphatic heterocycles. The zero-order valence-electron chi connectivity index (χ0n) is 17.7. The van der Waals surface area contributed by atoms with E-state index in [0.29, 0.717) is 16.1 Å². The third kappa shape index (κ3) is 5.80. The summed E-state index contributed by atoms with van der Waals surface area (Å²) in [6, 6.07) is 3.47. The van der Waals surface area contributed by atoms with Crippen LogP contribution in [0.5, 0.6) is 5.75 Å². The number of amides is 1. The fraction of sp³-hybridized carbons (Fsp3) is 0.278. The first-order valence-corrected chi connectivity index (χ1v) is 11.9. The van der Waals surface area contributed by atoms with Gasteiger partial charge in [-0.3, -0.25) is 4.79 Å². The number of anilines is 1. The molecule has 3 rings (SSSR count). The second-order valence-electron chi connectivity index (χ2n) is 6.78. The van der Waals surface area contributed by atoms with E-state index in [0.717, 1.165) is 29.7 Å². The van der Waals surface area contributed by atoms with Crippen LogP contribution in [0.3, 0.4) is 0 Å². The van der Waals surface area contributed by atoms with Crippen molar-refractivity contribution in [3.8, 4) is 17.0 Å². The number of hydrogen-bond donors (Lipinski definition) is 2. The Morgan fingerprint density at radius 2 is 2.03 bits per heavy atom. The number of hydrogen-bond acceptors (Lipinski definition) is 10. The van der Waals surface area contributed by atoms with Crippen LogP contribution in [0.25, 0.3) is 5.13 Å². The van der Waals surface area contributed by atoms with Crippen molar-refractivity contribution >= 4 is 33.0 Å². The van der Waals surface area contributed by atoms with E-state index in [1.54, 1.807) is 7.05 Å². The number of thiazole rings is 1. The van der Waals surface area contributed by atoms with Crippen molar-refractivity contribution in [2.24, 2.45) is 0 Å². The Kier molecular flexibility index (Phi) is 6.79. The Morgan fingerprint density at radius 3 is 2.59 bits per heavy atom. The van der Waals surface area contributed by atoms with Gasteiger partial charge in [-0.15, -0.1) is 18.3 Å². The fourth-order valence-electron chi connectivity index (χ4n) is 2.72. The molecule has 16 heteroatoms. The van der Waals surface area contributed by atoms with E-state index in [1.807, 2.05) is 6.07 Å². The molecule has 2 N–H and O–H groups in total. The van der Waals surface area contributed by atoms with Gasteiger partial charge in [0.1, 0.15) is 16.7 Å². The molecule has 0 saturated carbocycles.